The molecular weight excluding hydrogens is 470 g/mol. The van der Waals surface area contributed by atoms with Crippen molar-refractivity contribution in [1.29, 1.82) is 0 Å². The summed E-state index contributed by atoms with van der Waals surface area (Å²) in [6.07, 6.45) is 1.34. The molecule has 0 amide bonds. The van der Waals surface area contributed by atoms with Gasteiger partial charge >= 0.3 is 0 Å². The Bertz CT molecular complexity index is 1350. The van der Waals surface area contributed by atoms with Gasteiger partial charge in [-0.3, -0.25) is 9.69 Å². The predicted octanol–water partition coefficient (Wildman–Crippen LogP) is 7.02. The van der Waals surface area contributed by atoms with E-state index in [0.29, 0.717) is 11.1 Å². The minimum absolute atomic E-state index is 0.0799. The lowest BCUT2D eigenvalue weighted by atomic mass is 9.96. The minimum atomic E-state index is -0.0799. The van der Waals surface area contributed by atoms with Crippen LogP contribution in [0.1, 0.15) is 48.7 Å². The number of ether oxygens (including phenoxy) is 1. The van der Waals surface area contributed by atoms with E-state index in [9.17, 15) is 15.0 Å². The van der Waals surface area contributed by atoms with Gasteiger partial charge in [0.25, 0.3) is 0 Å². The average molecular weight is 504 g/mol. The number of phenolic OH excluding ortho intramolecular Hbond substituents is 2. The maximum atomic E-state index is 13.7. The van der Waals surface area contributed by atoms with Crippen molar-refractivity contribution in [2.75, 3.05) is 19.6 Å². The minimum Gasteiger partial charge on any atom is -0.508 e. The molecule has 36 heavy (non-hydrogen) atoms. The third-order valence-electron chi connectivity index (χ3n) is 6.24. The summed E-state index contributed by atoms with van der Waals surface area (Å²) >= 11 is 1.47. The highest BCUT2D eigenvalue weighted by molar-refractivity contribution is 7.22. The van der Waals surface area contributed by atoms with Gasteiger partial charge in [-0.05, 0) is 91.7 Å². The van der Waals surface area contributed by atoms with Crippen LogP contribution in [0.2, 0.25) is 0 Å². The summed E-state index contributed by atoms with van der Waals surface area (Å²) in [5.41, 5.74) is 2.96. The number of aryl methyl sites for hydroxylation is 1. The van der Waals surface area contributed by atoms with Gasteiger partial charge in [0.15, 0.2) is 5.78 Å². The fourth-order valence-corrected chi connectivity index (χ4v) is 5.84. The predicted molar refractivity (Wildman–Crippen MR) is 148 cm³/mol. The maximum Gasteiger partial charge on any atom is 0.195 e. The van der Waals surface area contributed by atoms with Gasteiger partial charge in [0, 0.05) is 39.2 Å². The Balaban J connectivity index is 0.00000148. The second kappa shape index (κ2) is 11.1. The van der Waals surface area contributed by atoms with Gasteiger partial charge < -0.3 is 14.9 Å². The zero-order chi connectivity index (χ0) is 25.8. The van der Waals surface area contributed by atoms with Crippen LogP contribution in [0.25, 0.3) is 20.5 Å². The first-order valence-corrected chi connectivity index (χ1v) is 13.3. The van der Waals surface area contributed by atoms with E-state index in [1.165, 1.54) is 11.3 Å². The first kappa shape index (κ1) is 25.7. The zero-order valence-electron chi connectivity index (χ0n) is 21.2. The number of thiophene rings is 1. The van der Waals surface area contributed by atoms with E-state index in [0.717, 1.165) is 57.9 Å². The molecule has 4 aromatic rings. The van der Waals surface area contributed by atoms with Gasteiger partial charge in [-0.25, -0.2) is 0 Å². The lowest BCUT2D eigenvalue weighted by molar-refractivity contribution is 0.0202. The van der Waals surface area contributed by atoms with Crippen molar-refractivity contribution < 1.29 is 19.7 Å². The van der Waals surface area contributed by atoms with Crippen LogP contribution in [-0.4, -0.2) is 46.6 Å². The molecule has 0 unspecified atom stereocenters. The van der Waals surface area contributed by atoms with Crippen LogP contribution in [0.3, 0.4) is 0 Å². The van der Waals surface area contributed by atoms with Crippen molar-refractivity contribution >= 4 is 27.2 Å². The molecule has 0 atom stereocenters. The molecule has 188 valence electrons. The molecule has 1 aliphatic heterocycles. The van der Waals surface area contributed by atoms with Crippen LogP contribution in [0.4, 0.5) is 0 Å². The standard InChI is InChI=1S/C28H27NO4S.C2H6/c1-3-12-29-15-22(16-29)33-21-8-4-18(5-9-21)27(32)26-24-11-7-20(31)14-25(24)34-28(26)23-10-6-19(30)13-17(23)2;1-2/h4-11,13-14,22,30-31H,3,12,15-16H2,1-2H3;1-2H3. The number of carbonyl (C=O) groups is 1. The molecule has 3 aromatic carbocycles. The molecule has 0 radical (unpaired) electrons. The van der Waals surface area contributed by atoms with Gasteiger partial charge in [0.05, 0.1) is 0 Å². The third kappa shape index (κ3) is 5.25. The molecule has 6 heteroatoms. The van der Waals surface area contributed by atoms with E-state index in [4.69, 9.17) is 4.74 Å². The number of ketones is 1. The Labute approximate surface area is 216 Å². The van der Waals surface area contributed by atoms with Crippen molar-refractivity contribution in [1.82, 2.24) is 4.90 Å². The average Bonchev–Trinajstić information content (AvgIpc) is 3.22. The molecule has 0 saturated carbocycles. The van der Waals surface area contributed by atoms with E-state index >= 15 is 0 Å². The lowest BCUT2D eigenvalue weighted by Crippen LogP contribution is -2.53. The normalized spacial score (nSPS) is 13.7. The molecule has 5 nitrogen and oxygen atoms in total. The molecule has 2 N–H and O–H groups in total. The van der Waals surface area contributed by atoms with Crippen molar-refractivity contribution in [3.63, 3.8) is 0 Å². The number of carbonyl (C=O) groups excluding carboxylic acids is 1. The fraction of sp³-hybridized carbons (Fsp3) is 0.300. The monoisotopic (exact) mass is 503 g/mol. The molecule has 5 rings (SSSR count). The smallest absolute Gasteiger partial charge is 0.195 e. The largest absolute Gasteiger partial charge is 0.508 e. The Morgan fingerprint density at radius 1 is 1.00 bits per heavy atom. The van der Waals surface area contributed by atoms with E-state index in [1.54, 1.807) is 30.3 Å². The van der Waals surface area contributed by atoms with E-state index in [1.807, 2.05) is 51.1 Å². The van der Waals surface area contributed by atoms with Gasteiger partial charge in [-0.15, -0.1) is 11.3 Å². The first-order valence-electron chi connectivity index (χ1n) is 12.5. The van der Waals surface area contributed by atoms with Crippen LogP contribution in [0, 0.1) is 6.92 Å². The highest BCUT2D eigenvalue weighted by Crippen LogP contribution is 2.42. The molecule has 1 fully saturated rings. The summed E-state index contributed by atoms with van der Waals surface area (Å²) in [7, 11) is 0. The number of phenols is 2. The Kier molecular flexibility index (Phi) is 7.97. The van der Waals surface area contributed by atoms with Gasteiger partial charge in [-0.2, -0.15) is 0 Å². The number of aromatic hydroxyl groups is 2. The van der Waals surface area contributed by atoms with Crippen LogP contribution < -0.4 is 4.74 Å². The number of fused-ring (bicyclic) bond motifs is 1. The second-order valence-electron chi connectivity index (χ2n) is 8.84. The summed E-state index contributed by atoms with van der Waals surface area (Å²) in [5, 5.41) is 20.7. The fourth-order valence-electron chi connectivity index (χ4n) is 4.52. The van der Waals surface area contributed by atoms with Gasteiger partial charge in [0.1, 0.15) is 23.4 Å². The summed E-state index contributed by atoms with van der Waals surface area (Å²) in [5.74, 6) is 1.04. The van der Waals surface area contributed by atoms with E-state index < -0.39 is 0 Å². The first-order chi connectivity index (χ1) is 17.4. The molecule has 0 spiro atoms. The molecule has 1 aromatic heterocycles. The topological polar surface area (TPSA) is 70.0 Å². The Morgan fingerprint density at radius 3 is 2.33 bits per heavy atom. The van der Waals surface area contributed by atoms with Crippen molar-refractivity contribution in [2.45, 2.75) is 40.2 Å². The van der Waals surface area contributed by atoms with E-state index in [-0.39, 0.29) is 23.4 Å². The number of hydrogen-bond acceptors (Lipinski definition) is 6. The SMILES string of the molecule is CC.CCCN1CC(Oc2ccc(C(=O)c3c(-c4ccc(O)cc4C)sc4cc(O)ccc34)cc2)C1. The number of rotatable bonds is 7. The number of hydrogen-bond donors (Lipinski definition) is 2. The number of benzene rings is 3. The third-order valence-corrected chi connectivity index (χ3v) is 7.42. The van der Waals surface area contributed by atoms with Crippen LogP contribution in [0.5, 0.6) is 17.2 Å². The Hall–Kier alpha value is -3.35. The molecule has 1 saturated heterocycles. The molecule has 2 heterocycles. The summed E-state index contributed by atoms with van der Waals surface area (Å²) in [4.78, 5) is 16.9. The quantitative estimate of drug-likeness (QED) is 0.265. The van der Waals surface area contributed by atoms with Crippen molar-refractivity contribution in [3.05, 3.63) is 77.4 Å². The number of nitrogens with zero attached hydrogens (tertiary/aromatic N) is 1. The van der Waals surface area contributed by atoms with Crippen LogP contribution in [0.15, 0.2) is 60.7 Å². The zero-order valence-corrected chi connectivity index (χ0v) is 22.1. The summed E-state index contributed by atoms with van der Waals surface area (Å²) < 4.78 is 6.89. The summed E-state index contributed by atoms with van der Waals surface area (Å²) in [6, 6.07) is 17.6. The van der Waals surface area contributed by atoms with Crippen molar-refractivity contribution in [2.24, 2.45) is 0 Å². The van der Waals surface area contributed by atoms with E-state index in [2.05, 4.69) is 11.8 Å². The van der Waals surface area contributed by atoms with Crippen LogP contribution in [-0.2, 0) is 0 Å². The molecule has 0 bridgehead atoms. The van der Waals surface area contributed by atoms with Crippen LogP contribution >= 0.6 is 11.3 Å². The Morgan fingerprint density at radius 2 is 1.67 bits per heavy atom. The maximum absolute atomic E-state index is 13.7. The van der Waals surface area contributed by atoms with Crippen molar-refractivity contribution in [3.8, 4) is 27.7 Å². The highest BCUT2D eigenvalue weighted by Gasteiger charge is 2.28. The second-order valence-corrected chi connectivity index (χ2v) is 9.89. The van der Waals surface area contributed by atoms with Gasteiger partial charge in [0.2, 0.25) is 0 Å². The molecular formula is C30H33NO4S. The lowest BCUT2D eigenvalue weighted by Gasteiger charge is -2.38. The number of likely N-dealkylation sites (tertiary alicyclic amines) is 1. The molecule has 1 aliphatic rings. The van der Waals surface area contributed by atoms with Gasteiger partial charge in [-0.1, -0.05) is 20.8 Å². The summed E-state index contributed by atoms with van der Waals surface area (Å²) in [6.45, 7) is 11.1. The molecule has 0 aliphatic carbocycles. The highest BCUT2D eigenvalue weighted by atomic mass is 32.1.